The molecule has 4 rings (SSSR count). The summed E-state index contributed by atoms with van der Waals surface area (Å²) in [6.45, 7) is 2.94. The number of unbranched alkanes of at least 4 members (excludes halogenated alkanes) is 1. The second-order valence-corrected chi connectivity index (χ2v) is 8.47. The van der Waals surface area contributed by atoms with E-state index < -0.39 is 23.5 Å². The summed E-state index contributed by atoms with van der Waals surface area (Å²) in [5, 5.41) is 10.9. The topological polar surface area (TPSA) is 66.8 Å². The molecular weight excluding hydrogens is 438 g/mol. The third-order valence-corrected chi connectivity index (χ3v) is 5.93. The lowest BCUT2D eigenvalue weighted by Crippen LogP contribution is -2.30. The van der Waals surface area contributed by atoms with Gasteiger partial charge in [-0.2, -0.15) is 0 Å². The smallest absolute Gasteiger partial charge is 0.290 e. The van der Waals surface area contributed by atoms with Gasteiger partial charge in [0.05, 0.1) is 18.2 Å². The summed E-state index contributed by atoms with van der Waals surface area (Å²) in [4.78, 5) is 28.1. The van der Waals surface area contributed by atoms with Crippen molar-refractivity contribution in [2.24, 2.45) is 0 Å². The number of carbonyl (C=O) groups excluding carboxylic acids is 2. The number of allylic oxidation sites excluding steroid dienone is 1. The first-order chi connectivity index (χ1) is 17.1. The van der Waals surface area contributed by atoms with Gasteiger partial charge in [-0.15, -0.1) is 0 Å². The van der Waals surface area contributed by atoms with Gasteiger partial charge >= 0.3 is 0 Å². The van der Waals surface area contributed by atoms with Gasteiger partial charge in [-0.25, -0.2) is 0 Å². The largest absolute Gasteiger partial charge is 0.503 e. The summed E-state index contributed by atoms with van der Waals surface area (Å²) in [6.07, 6.45) is 5.05. The predicted molar refractivity (Wildman–Crippen MR) is 137 cm³/mol. The van der Waals surface area contributed by atoms with Crippen LogP contribution in [0, 0.1) is 0 Å². The Morgan fingerprint density at radius 2 is 1.71 bits per heavy atom. The van der Waals surface area contributed by atoms with Gasteiger partial charge in [0.25, 0.3) is 5.91 Å². The van der Waals surface area contributed by atoms with Crippen LogP contribution in [0.3, 0.4) is 0 Å². The standard InChI is InChI=1S/C30H29NO4/c1-2-3-19-35-25-16-10-15-24(20-25)28-27(26(32)18-17-22-11-6-4-7-12-22)29(33)30(34)31(28)21-23-13-8-5-9-14-23/h4-18,20,28,33H,2-3,19,21H2,1H3/b18-17+. The highest BCUT2D eigenvalue weighted by atomic mass is 16.5. The summed E-state index contributed by atoms with van der Waals surface area (Å²) in [5.74, 6) is -0.808. The van der Waals surface area contributed by atoms with Crippen LogP contribution in [0.4, 0.5) is 0 Å². The van der Waals surface area contributed by atoms with Gasteiger partial charge in [0.2, 0.25) is 0 Å². The SMILES string of the molecule is CCCCOc1cccc(C2C(C(=O)/C=C/c3ccccc3)=C(O)C(=O)N2Cc2ccccc2)c1. The Hall–Kier alpha value is -4.12. The fourth-order valence-corrected chi connectivity index (χ4v) is 4.13. The van der Waals surface area contributed by atoms with Gasteiger partial charge in [0.1, 0.15) is 5.75 Å². The molecule has 5 nitrogen and oxygen atoms in total. The molecule has 0 spiro atoms. The van der Waals surface area contributed by atoms with E-state index in [4.69, 9.17) is 4.74 Å². The lowest BCUT2D eigenvalue weighted by molar-refractivity contribution is -0.130. The monoisotopic (exact) mass is 467 g/mol. The summed E-state index contributed by atoms with van der Waals surface area (Å²) in [6, 6.07) is 25.6. The molecule has 5 heteroatoms. The molecule has 3 aromatic rings. The van der Waals surface area contributed by atoms with Crippen LogP contribution in [0.25, 0.3) is 6.08 Å². The molecule has 0 radical (unpaired) electrons. The number of ether oxygens (including phenoxy) is 1. The Kier molecular flexibility index (Phi) is 7.78. The van der Waals surface area contributed by atoms with Crippen LogP contribution in [0.15, 0.2) is 102 Å². The Balaban J connectivity index is 1.70. The minimum Gasteiger partial charge on any atom is -0.503 e. The second-order valence-electron chi connectivity index (χ2n) is 8.47. The van der Waals surface area contributed by atoms with Crippen molar-refractivity contribution in [3.63, 3.8) is 0 Å². The van der Waals surface area contributed by atoms with E-state index in [9.17, 15) is 14.7 Å². The van der Waals surface area contributed by atoms with Crippen LogP contribution >= 0.6 is 0 Å². The molecular formula is C30H29NO4. The van der Waals surface area contributed by atoms with Crippen LogP contribution in [-0.2, 0) is 16.1 Å². The Bertz CT molecular complexity index is 1230. The van der Waals surface area contributed by atoms with Crippen LogP contribution in [0.2, 0.25) is 0 Å². The predicted octanol–water partition coefficient (Wildman–Crippen LogP) is 6.04. The van der Waals surface area contributed by atoms with Crippen molar-refractivity contribution >= 4 is 17.8 Å². The van der Waals surface area contributed by atoms with E-state index in [1.165, 1.54) is 6.08 Å². The molecule has 1 aliphatic heterocycles. The van der Waals surface area contributed by atoms with Crippen LogP contribution in [0.1, 0.15) is 42.5 Å². The summed E-state index contributed by atoms with van der Waals surface area (Å²) < 4.78 is 5.87. The number of ketones is 1. The molecule has 35 heavy (non-hydrogen) atoms. The minimum atomic E-state index is -0.731. The maximum Gasteiger partial charge on any atom is 0.290 e. The summed E-state index contributed by atoms with van der Waals surface area (Å²) >= 11 is 0. The van der Waals surface area contributed by atoms with E-state index in [1.807, 2.05) is 84.9 Å². The number of rotatable bonds is 10. The van der Waals surface area contributed by atoms with E-state index in [-0.39, 0.29) is 12.1 Å². The van der Waals surface area contributed by atoms with Gasteiger partial charge in [-0.05, 0) is 41.3 Å². The first-order valence-corrected chi connectivity index (χ1v) is 11.9. The highest BCUT2D eigenvalue weighted by molar-refractivity contribution is 6.14. The van der Waals surface area contributed by atoms with Gasteiger partial charge in [-0.3, -0.25) is 9.59 Å². The van der Waals surface area contributed by atoms with E-state index in [1.54, 1.807) is 11.0 Å². The Morgan fingerprint density at radius 3 is 2.43 bits per heavy atom. The summed E-state index contributed by atoms with van der Waals surface area (Å²) in [7, 11) is 0. The van der Waals surface area contributed by atoms with Crippen molar-refractivity contribution < 1.29 is 19.4 Å². The zero-order chi connectivity index (χ0) is 24.6. The first-order valence-electron chi connectivity index (χ1n) is 11.9. The maximum atomic E-state index is 13.3. The van der Waals surface area contributed by atoms with Crippen LogP contribution in [0.5, 0.6) is 5.75 Å². The van der Waals surface area contributed by atoms with Crippen molar-refractivity contribution in [3.05, 3.63) is 119 Å². The fraction of sp³-hybridized carbons (Fsp3) is 0.200. The fourth-order valence-electron chi connectivity index (χ4n) is 4.13. The lowest BCUT2D eigenvalue weighted by Gasteiger charge is -2.27. The molecule has 1 heterocycles. The molecule has 1 aliphatic rings. The Labute approximate surface area is 206 Å². The summed E-state index contributed by atoms with van der Waals surface area (Å²) in [5.41, 5.74) is 2.55. The molecule has 0 fully saturated rings. The number of hydrogen-bond acceptors (Lipinski definition) is 4. The lowest BCUT2D eigenvalue weighted by atomic mass is 9.95. The van der Waals surface area contributed by atoms with Crippen molar-refractivity contribution in [1.29, 1.82) is 0 Å². The molecule has 0 saturated heterocycles. The molecule has 178 valence electrons. The molecule has 3 aromatic carbocycles. The minimum absolute atomic E-state index is 0.0730. The normalized spacial score (nSPS) is 15.7. The van der Waals surface area contributed by atoms with Gasteiger partial charge in [0, 0.05) is 6.54 Å². The quantitative estimate of drug-likeness (QED) is 0.291. The van der Waals surface area contributed by atoms with Gasteiger partial charge in [-0.1, -0.05) is 92.2 Å². The number of nitrogens with zero attached hydrogens (tertiary/aromatic N) is 1. The highest BCUT2D eigenvalue weighted by Crippen LogP contribution is 2.40. The van der Waals surface area contributed by atoms with Gasteiger partial charge in [0.15, 0.2) is 11.5 Å². The van der Waals surface area contributed by atoms with E-state index in [2.05, 4.69) is 6.92 Å². The molecule has 1 N–H and O–H groups in total. The number of aliphatic hydroxyl groups is 1. The zero-order valence-corrected chi connectivity index (χ0v) is 19.8. The van der Waals surface area contributed by atoms with Crippen molar-refractivity contribution in [2.45, 2.75) is 32.4 Å². The third kappa shape index (κ3) is 5.69. The molecule has 0 aliphatic carbocycles. The van der Waals surface area contributed by atoms with E-state index in [0.29, 0.717) is 17.9 Å². The second kappa shape index (κ2) is 11.3. The van der Waals surface area contributed by atoms with E-state index in [0.717, 1.165) is 24.0 Å². The molecule has 1 atom stereocenters. The molecule has 1 amide bonds. The van der Waals surface area contributed by atoms with Crippen molar-refractivity contribution in [2.75, 3.05) is 6.61 Å². The number of hydrogen-bond donors (Lipinski definition) is 1. The van der Waals surface area contributed by atoms with Crippen LogP contribution < -0.4 is 4.74 Å². The van der Waals surface area contributed by atoms with Crippen molar-refractivity contribution in [3.8, 4) is 5.75 Å². The molecule has 0 bridgehead atoms. The van der Waals surface area contributed by atoms with E-state index >= 15 is 0 Å². The third-order valence-electron chi connectivity index (χ3n) is 5.93. The number of amides is 1. The highest BCUT2D eigenvalue weighted by Gasteiger charge is 2.43. The maximum absolute atomic E-state index is 13.3. The van der Waals surface area contributed by atoms with Crippen molar-refractivity contribution in [1.82, 2.24) is 4.90 Å². The van der Waals surface area contributed by atoms with Gasteiger partial charge < -0.3 is 14.7 Å². The molecule has 0 saturated carbocycles. The van der Waals surface area contributed by atoms with Crippen LogP contribution in [-0.4, -0.2) is 28.3 Å². The average molecular weight is 468 g/mol. The molecule has 0 aromatic heterocycles. The molecule has 1 unspecified atom stereocenters. The Morgan fingerprint density at radius 1 is 1.00 bits per heavy atom. The first kappa shape index (κ1) is 24.0. The number of benzene rings is 3. The number of carbonyl (C=O) groups is 2. The zero-order valence-electron chi connectivity index (χ0n) is 19.8. The number of aliphatic hydroxyl groups excluding tert-OH is 1. The average Bonchev–Trinajstić information content (AvgIpc) is 3.14.